The number of hydrogen-bond donors (Lipinski definition) is 1. The molecule has 0 unspecified atom stereocenters. The molecule has 0 spiro atoms. The average Bonchev–Trinajstić information content (AvgIpc) is 2.76. The summed E-state index contributed by atoms with van der Waals surface area (Å²) >= 11 is 0. The summed E-state index contributed by atoms with van der Waals surface area (Å²) in [4.78, 5) is 16.8. The summed E-state index contributed by atoms with van der Waals surface area (Å²) in [6, 6.07) is 0.669. The number of alkyl halides is 3. The first kappa shape index (κ1) is 12.7. The number of halogens is 3. The van der Waals surface area contributed by atoms with Crippen LogP contribution in [0.25, 0.3) is 5.82 Å². The maximum absolute atomic E-state index is 12.4. The van der Waals surface area contributed by atoms with Gasteiger partial charge in [0.25, 0.3) is 0 Å². The van der Waals surface area contributed by atoms with Crippen LogP contribution in [-0.4, -0.2) is 24.7 Å². The molecule has 11 heteroatoms. The topological polar surface area (TPSA) is 113 Å². The molecule has 2 N–H and O–H groups in total. The molecule has 0 bridgehead atoms. The summed E-state index contributed by atoms with van der Waals surface area (Å²) in [6.07, 6.45) is -2.86. The molecule has 2 aromatic rings. The highest BCUT2D eigenvalue weighted by Gasteiger charge is 2.34. The molecule has 2 rings (SSSR count). The Morgan fingerprint density at radius 3 is 2.58 bits per heavy atom. The van der Waals surface area contributed by atoms with Gasteiger partial charge < -0.3 is 5.73 Å². The Morgan fingerprint density at radius 2 is 2.05 bits per heavy atom. The molecular formula is C8H5F3N6O2. The van der Waals surface area contributed by atoms with Crippen molar-refractivity contribution in [3.63, 3.8) is 0 Å². The minimum Gasteiger partial charge on any atom is -0.378 e. The monoisotopic (exact) mass is 274 g/mol. The van der Waals surface area contributed by atoms with E-state index in [4.69, 9.17) is 5.73 Å². The maximum atomic E-state index is 12.4. The van der Waals surface area contributed by atoms with E-state index in [2.05, 4.69) is 15.1 Å². The van der Waals surface area contributed by atoms with Gasteiger partial charge in [0.2, 0.25) is 11.6 Å². The summed E-state index contributed by atoms with van der Waals surface area (Å²) in [6.45, 7) is 0. The highest BCUT2D eigenvalue weighted by atomic mass is 19.4. The average molecular weight is 274 g/mol. The fraction of sp³-hybridized carbons (Fsp3) is 0.125. The second kappa shape index (κ2) is 4.19. The van der Waals surface area contributed by atoms with Crippen LogP contribution in [0.4, 0.5) is 24.7 Å². The van der Waals surface area contributed by atoms with Gasteiger partial charge in [-0.3, -0.25) is 10.1 Å². The van der Waals surface area contributed by atoms with Crippen LogP contribution in [0.15, 0.2) is 18.6 Å². The molecule has 0 amide bonds. The normalized spacial score (nSPS) is 11.5. The van der Waals surface area contributed by atoms with Crippen LogP contribution >= 0.6 is 0 Å². The molecule has 0 aliphatic rings. The number of aromatic nitrogens is 4. The summed E-state index contributed by atoms with van der Waals surface area (Å²) in [5.41, 5.74) is 3.39. The summed E-state index contributed by atoms with van der Waals surface area (Å²) in [7, 11) is 0. The Bertz CT molecular complexity index is 638. The van der Waals surface area contributed by atoms with Gasteiger partial charge in [0.05, 0.1) is 4.92 Å². The van der Waals surface area contributed by atoms with Crippen molar-refractivity contribution in [3.8, 4) is 5.82 Å². The summed E-state index contributed by atoms with van der Waals surface area (Å²) in [5.74, 6) is -0.896. The van der Waals surface area contributed by atoms with Gasteiger partial charge >= 0.3 is 11.9 Å². The van der Waals surface area contributed by atoms with Gasteiger partial charge in [-0.25, -0.2) is 14.6 Å². The number of nitrogen functional groups attached to an aromatic ring is 1. The third-order valence-electron chi connectivity index (χ3n) is 2.11. The zero-order valence-electron chi connectivity index (χ0n) is 9.00. The van der Waals surface area contributed by atoms with Crippen LogP contribution in [0.2, 0.25) is 0 Å². The molecular weight excluding hydrogens is 269 g/mol. The van der Waals surface area contributed by atoms with Crippen LogP contribution in [0, 0.1) is 10.1 Å². The van der Waals surface area contributed by atoms with Gasteiger partial charge in [0.1, 0.15) is 6.33 Å². The van der Waals surface area contributed by atoms with E-state index in [1.807, 2.05) is 0 Å². The van der Waals surface area contributed by atoms with Crippen molar-refractivity contribution in [2.24, 2.45) is 0 Å². The number of nitrogens with two attached hydrogens (primary N) is 1. The lowest BCUT2D eigenvalue weighted by Gasteiger charge is -2.03. The van der Waals surface area contributed by atoms with E-state index in [1.165, 1.54) is 0 Å². The fourth-order valence-corrected chi connectivity index (χ4v) is 1.32. The Morgan fingerprint density at radius 1 is 1.37 bits per heavy atom. The molecule has 19 heavy (non-hydrogen) atoms. The molecule has 0 aliphatic carbocycles. The van der Waals surface area contributed by atoms with Crippen LogP contribution in [-0.2, 0) is 6.18 Å². The van der Waals surface area contributed by atoms with Crippen molar-refractivity contribution >= 4 is 11.5 Å². The standard InChI is InChI=1S/C8H5F3N6O2/c9-8(10,11)4-1-2-16(15-4)7-5(17(18)19)6(12)13-3-14-7/h1-3H,(H2,12,13,14). The Balaban J connectivity index is 2.57. The molecule has 2 aromatic heterocycles. The highest BCUT2D eigenvalue weighted by Crippen LogP contribution is 2.29. The highest BCUT2D eigenvalue weighted by molar-refractivity contribution is 5.61. The van der Waals surface area contributed by atoms with E-state index < -0.39 is 34.1 Å². The lowest BCUT2D eigenvalue weighted by molar-refractivity contribution is -0.384. The van der Waals surface area contributed by atoms with Crippen molar-refractivity contribution in [2.45, 2.75) is 6.18 Å². The van der Waals surface area contributed by atoms with Crippen molar-refractivity contribution in [1.29, 1.82) is 0 Å². The van der Waals surface area contributed by atoms with Gasteiger partial charge in [-0.15, -0.1) is 0 Å². The van der Waals surface area contributed by atoms with E-state index in [1.54, 1.807) is 0 Å². The molecule has 0 saturated heterocycles. The molecule has 100 valence electrons. The third kappa shape index (κ3) is 2.29. The molecule has 0 aromatic carbocycles. The molecule has 8 nitrogen and oxygen atoms in total. The van der Waals surface area contributed by atoms with E-state index >= 15 is 0 Å². The van der Waals surface area contributed by atoms with Crippen LogP contribution in [0.5, 0.6) is 0 Å². The molecule has 0 radical (unpaired) electrons. The number of rotatable bonds is 2. The molecule has 0 saturated carbocycles. The van der Waals surface area contributed by atoms with Crippen molar-refractivity contribution in [3.05, 3.63) is 34.4 Å². The first-order valence-electron chi connectivity index (χ1n) is 4.69. The Labute approximate surface area is 102 Å². The summed E-state index contributed by atoms with van der Waals surface area (Å²) in [5, 5.41) is 14.0. The van der Waals surface area contributed by atoms with Crippen molar-refractivity contribution in [1.82, 2.24) is 19.7 Å². The zero-order chi connectivity index (χ0) is 14.2. The first-order chi connectivity index (χ1) is 8.80. The first-order valence-corrected chi connectivity index (χ1v) is 4.69. The SMILES string of the molecule is Nc1ncnc(-n2ccc(C(F)(F)F)n2)c1[N+](=O)[O-]. The largest absolute Gasteiger partial charge is 0.435 e. The zero-order valence-corrected chi connectivity index (χ0v) is 9.00. The second-order valence-corrected chi connectivity index (χ2v) is 3.33. The molecule has 0 atom stereocenters. The molecule has 2 heterocycles. The van der Waals surface area contributed by atoms with Gasteiger partial charge in [-0.2, -0.15) is 18.3 Å². The quantitative estimate of drug-likeness (QED) is 0.649. The van der Waals surface area contributed by atoms with Gasteiger partial charge in [-0.1, -0.05) is 0 Å². The van der Waals surface area contributed by atoms with Gasteiger partial charge in [-0.05, 0) is 6.07 Å². The minimum absolute atomic E-state index is 0.437. The molecule has 0 aliphatic heterocycles. The van der Waals surface area contributed by atoms with Crippen LogP contribution in [0.3, 0.4) is 0 Å². The Kier molecular flexibility index (Phi) is 2.81. The lowest BCUT2D eigenvalue weighted by atomic mass is 10.4. The third-order valence-corrected chi connectivity index (χ3v) is 2.11. The number of nitro groups is 1. The predicted molar refractivity (Wildman–Crippen MR) is 55.2 cm³/mol. The van der Waals surface area contributed by atoms with E-state index in [0.29, 0.717) is 10.7 Å². The molecule has 0 fully saturated rings. The fourth-order valence-electron chi connectivity index (χ4n) is 1.32. The van der Waals surface area contributed by atoms with E-state index in [9.17, 15) is 23.3 Å². The Hall–Kier alpha value is -2.72. The van der Waals surface area contributed by atoms with E-state index in [-0.39, 0.29) is 0 Å². The van der Waals surface area contributed by atoms with Crippen molar-refractivity contribution in [2.75, 3.05) is 5.73 Å². The number of anilines is 1. The van der Waals surface area contributed by atoms with E-state index in [0.717, 1.165) is 12.5 Å². The summed E-state index contributed by atoms with van der Waals surface area (Å²) < 4.78 is 37.8. The number of nitrogens with zero attached hydrogens (tertiary/aromatic N) is 5. The lowest BCUT2D eigenvalue weighted by Crippen LogP contribution is -2.10. The maximum Gasteiger partial charge on any atom is 0.435 e. The smallest absolute Gasteiger partial charge is 0.378 e. The van der Waals surface area contributed by atoms with Gasteiger partial charge in [0.15, 0.2) is 5.69 Å². The van der Waals surface area contributed by atoms with Crippen LogP contribution < -0.4 is 5.73 Å². The second-order valence-electron chi connectivity index (χ2n) is 3.33. The van der Waals surface area contributed by atoms with Crippen LogP contribution in [0.1, 0.15) is 5.69 Å². The van der Waals surface area contributed by atoms with Gasteiger partial charge in [0, 0.05) is 6.20 Å². The predicted octanol–water partition coefficient (Wildman–Crippen LogP) is 1.17. The van der Waals surface area contributed by atoms with Crippen molar-refractivity contribution < 1.29 is 18.1 Å². The number of hydrogen-bond acceptors (Lipinski definition) is 6. The minimum atomic E-state index is -4.65.